The number of hydrogen-bond acceptors (Lipinski definition) is 3. The Kier molecular flexibility index (Phi) is 4.98. The van der Waals surface area contributed by atoms with E-state index in [-0.39, 0.29) is 5.91 Å². The number of carbonyl (C=O) groups is 1. The molecule has 3 rings (SSSR count). The van der Waals surface area contributed by atoms with Crippen LogP contribution in [0.4, 0.5) is 5.69 Å². The number of carbonyl (C=O) groups excluding carboxylic acids is 1. The van der Waals surface area contributed by atoms with Crippen molar-refractivity contribution in [2.24, 2.45) is 5.92 Å². The number of anilines is 1. The third-order valence-corrected chi connectivity index (χ3v) is 5.42. The van der Waals surface area contributed by atoms with Gasteiger partial charge in [-0.25, -0.2) is 0 Å². The summed E-state index contributed by atoms with van der Waals surface area (Å²) in [4.78, 5) is 15.8. The molecule has 0 aromatic heterocycles. The molecule has 2 fully saturated rings. The first-order valence-corrected chi connectivity index (χ1v) is 8.95. The normalized spacial score (nSPS) is 21.0. The Balaban J connectivity index is 1.50. The molecule has 0 unspecified atom stereocenters. The lowest BCUT2D eigenvalue weighted by Crippen LogP contribution is -3.16. The fourth-order valence-corrected chi connectivity index (χ4v) is 3.65. The van der Waals surface area contributed by atoms with E-state index in [1.54, 1.807) is 0 Å². The maximum Gasteiger partial charge on any atom is 0.276 e. The highest BCUT2D eigenvalue weighted by Crippen LogP contribution is 2.39. The highest BCUT2D eigenvalue weighted by molar-refractivity contribution is 6.33. The minimum absolute atomic E-state index is 0.0212. The number of rotatable bonds is 5. The van der Waals surface area contributed by atoms with Crippen molar-refractivity contribution in [1.29, 1.82) is 5.26 Å². The lowest BCUT2D eigenvalue weighted by Gasteiger charge is -2.34. The summed E-state index contributed by atoms with van der Waals surface area (Å²) in [7, 11) is 0. The van der Waals surface area contributed by atoms with Crippen LogP contribution < -0.4 is 15.1 Å². The van der Waals surface area contributed by atoms with Crippen LogP contribution in [-0.2, 0) is 4.79 Å². The average molecular weight is 348 g/mol. The molecule has 1 heterocycles. The molecule has 1 saturated carbocycles. The zero-order valence-electron chi connectivity index (χ0n) is 14.0. The average Bonchev–Trinajstić information content (AvgIpc) is 3.41. The van der Waals surface area contributed by atoms with E-state index in [2.05, 4.69) is 16.3 Å². The van der Waals surface area contributed by atoms with Gasteiger partial charge in [-0.3, -0.25) is 4.79 Å². The molecule has 0 bridgehead atoms. The van der Waals surface area contributed by atoms with Gasteiger partial charge in [0.05, 0.1) is 43.0 Å². The third kappa shape index (κ3) is 3.82. The SMILES string of the molecule is C[C@](C#N)(NC(=O)C[NH+]1CCN(c2ccccc2Cl)CC1)C1CC1. The summed E-state index contributed by atoms with van der Waals surface area (Å²) in [5.41, 5.74) is 0.365. The van der Waals surface area contributed by atoms with Gasteiger partial charge in [0.2, 0.25) is 0 Å². The number of benzene rings is 1. The number of nitrogens with zero attached hydrogens (tertiary/aromatic N) is 2. The number of hydrogen-bond donors (Lipinski definition) is 2. The molecule has 1 atom stereocenters. The van der Waals surface area contributed by atoms with Crippen molar-refractivity contribution in [1.82, 2.24) is 5.32 Å². The molecular formula is C18H24ClN4O+. The van der Waals surface area contributed by atoms with E-state index in [0.717, 1.165) is 49.7 Å². The molecule has 0 radical (unpaired) electrons. The number of para-hydroxylation sites is 1. The standard InChI is InChI=1S/C18H23ClN4O/c1-18(13-20,14-6-7-14)21-17(24)12-22-8-10-23(11-9-22)16-5-3-2-4-15(16)19/h2-5,14H,6-12H2,1H3,(H,21,24)/p+1/t18-/m1/s1. The van der Waals surface area contributed by atoms with Crippen molar-refractivity contribution in [3.8, 4) is 6.07 Å². The van der Waals surface area contributed by atoms with E-state index in [9.17, 15) is 10.1 Å². The topological polar surface area (TPSA) is 60.6 Å². The predicted octanol–water partition coefficient (Wildman–Crippen LogP) is 0.853. The van der Waals surface area contributed by atoms with Gasteiger partial charge in [0.1, 0.15) is 5.54 Å². The number of piperazine rings is 1. The summed E-state index contributed by atoms with van der Waals surface area (Å²) >= 11 is 6.26. The number of quaternary nitrogens is 1. The molecule has 1 aromatic rings. The first-order valence-electron chi connectivity index (χ1n) is 8.57. The molecule has 1 aliphatic heterocycles. The molecule has 5 nitrogen and oxygen atoms in total. The van der Waals surface area contributed by atoms with E-state index in [1.807, 2.05) is 31.2 Å². The van der Waals surface area contributed by atoms with Gasteiger partial charge >= 0.3 is 0 Å². The second kappa shape index (κ2) is 7.00. The summed E-state index contributed by atoms with van der Waals surface area (Å²) < 4.78 is 0. The van der Waals surface area contributed by atoms with Crippen LogP contribution in [0.1, 0.15) is 19.8 Å². The smallest absolute Gasteiger partial charge is 0.276 e. The molecule has 0 spiro atoms. The van der Waals surface area contributed by atoms with Gasteiger partial charge in [-0.05, 0) is 37.8 Å². The summed E-state index contributed by atoms with van der Waals surface area (Å²) in [6.07, 6.45) is 2.07. The Morgan fingerprint density at radius 3 is 2.67 bits per heavy atom. The van der Waals surface area contributed by atoms with E-state index in [1.165, 1.54) is 4.90 Å². The van der Waals surface area contributed by atoms with Crippen LogP contribution >= 0.6 is 11.6 Å². The quantitative estimate of drug-likeness (QED) is 0.830. The minimum atomic E-state index is -0.699. The van der Waals surface area contributed by atoms with Crippen LogP contribution in [0.15, 0.2) is 24.3 Å². The van der Waals surface area contributed by atoms with Crippen LogP contribution in [0.25, 0.3) is 0 Å². The monoisotopic (exact) mass is 347 g/mol. The largest absolute Gasteiger partial charge is 0.359 e. The second-order valence-electron chi connectivity index (χ2n) is 7.00. The molecule has 6 heteroatoms. The molecule has 2 N–H and O–H groups in total. The van der Waals surface area contributed by atoms with Gasteiger partial charge in [-0.15, -0.1) is 0 Å². The van der Waals surface area contributed by atoms with Crippen molar-refractivity contribution in [2.75, 3.05) is 37.6 Å². The number of amides is 1. The zero-order chi connectivity index (χ0) is 17.2. The highest BCUT2D eigenvalue weighted by atomic mass is 35.5. The van der Waals surface area contributed by atoms with E-state index < -0.39 is 5.54 Å². The first-order chi connectivity index (χ1) is 11.5. The van der Waals surface area contributed by atoms with Crippen LogP contribution in [-0.4, -0.2) is 44.2 Å². The Hall–Kier alpha value is -1.77. The second-order valence-corrected chi connectivity index (χ2v) is 7.41. The van der Waals surface area contributed by atoms with Crippen molar-refractivity contribution < 1.29 is 9.69 Å². The van der Waals surface area contributed by atoms with Gasteiger partial charge in [0, 0.05) is 0 Å². The van der Waals surface area contributed by atoms with Crippen LogP contribution in [0.5, 0.6) is 0 Å². The van der Waals surface area contributed by atoms with Crippen molar-refractivity contribution in [2.45, 2.75) is 25.3 Å². The van der Waals surface area contributed by atoms with Gasteiger partial charge in [-0.1, -0.05) is 23.7 Å². The molecule has 1 amide bonds. The van der Waals surface area contributed by atoms with Gasteiger partial charge in [0.15, 0.2) is 6.54 Å². The molecule has 1 aromatic carbocycles. The highest BCUT2D eigenvalue weighted by Gasteiger charge is 2.43. The number of nitrogens with one attached hydrogen (secondary N) is 2. The van der Waals surface area contributed by atoms with Crippen molar-refractivity contribution in [3.05, 3.63) is 29.3 Å². The molecule has 1 aliphatic carbocycles. The van der Waals surface area contributed by atoms with E-state index >= 15 is 0 Å². The van der Waals surface area contributed by atoms with Crippen LogP contribution in [0.3, 0.4) is 0 Å². The first kappa shape index (κ1) is 17.1. The predicted molar refractivity (Wildman–Crippen MR) is 94.1 cm³/mol. The summed E-state index contributed by atoms with van der Waals surface area (Å²) in [5, 5.41) is 13.1. The van der Waals surface area contributed by atoms with E-state index in [0.29, 0.717) is 12.5 Å². The summed E-state index contributed by atoms with van der Waals surface area (Å²) in [5.74, 6) is 0.297. The summed E-state index contributed by atoms with van der Waals surface area (Å²) in [6, 6.07) is 10.2. The van der Waals surface area contributed by atoms with Crippen molar-refractivity contribution in [3.63, 3.8) is 0 Å². The minimum Gasteiger partial charge on any atom is -0.359 e. The Bertz CT molecular complexity index is 647. The lowest BCUT2D eigenvalue weighted by atomic mass is 9.98. The Morgan fingerprint density at radius 1 is 1.42 bits per heavy atom. The molecule has 24 heavy (non-hydrogen) atoms. The van der Waals surface area contributed by atoms with Crippen LogP contribution in [0.2, 0.25) is 5.02 Å². The molecule has 2 aliphatic rings. The lowest BCUT2D eigenvalue weighted by molar-refractivity contribution is -0.892. The maximum atomic E-state index is 12.3. The number of nitriles is 1. The Morgan fingerprint density at radius 2 is 2.08 bits per heavy atom. The zero-order valence-corrected chi connectivity index (χ0v) is 14.8. The van der Waals surface area contributed by atoms with Gasteiger partial charge in [0.25, 0.3) is 5.91 Å². The van der Waals surface area contributed by atoms with Gasteiger partial charge in [-0.2, -0.15) is 5.26 Å². The fraction of sp³-hybridized carbons (Fsp3) is 0.556. The molecular weight excluding hydrogens is 324 g/mol. The molecule has 128 valence electrons. The number of halogens is 1. The Labute approximate surface area is 148 Å². The van der Waals surface area contributed by atoms with Gasteiger partial charge < -0.3 is 15.1 Å². The van der Waals surface area contributed by atoms with Crippen molar-refractivity contribution >= 4 is 23.2 Å². The fourth-order valence-electron chi connectivity index (χ4n) is 3.39. The van der Waals surface area contributed by atoms with Crippen LogP contribution in [0, 0.1) is 17.2 Å². The molecule has 1 saturated heterocycles. The maximum absolute atomic E-state index is 12.3. The van der Waals surface area contributed by atoms with E-state index in [4.69, 9.17) is 11.6 Å². The summed E-state index contributed by atoms with van der Waals surface area (Å²) in [6.45, 7) is 5.82. The third-order valence-electron chi connectivity index (χ3n) is 5.10.